The van der Waals surface area contributed by atoms with Gasteiger partial charge >= 0.3 is 0 Å². The fraction of sp³-hybridized carbons (Fsp3) is 0.393. The summed E-state index contributed by atoms with van der Waals surface area (Å²) < 4.78 is 11.3. The van der Waals surface area contributed by atoms with Crippen LogP contribution in [0.2, 0.25) is 0 Å². The number of carbonyl (C=O) groups is 2. The van der Waals surface area contributed by atoms with Crippen LogP contribution in [-0.4, -0.2) is 72.3 Å². The van der Waals surface area contributed by atoms with E-state index in [2.05, 4.69) is 20.2 Å². The van der Waals surface area contributed by atoms with Gasteiger partial charge in [-0.2, -0.15) is 4.98 Å². The third kappa shape index (κ3) is 4.22. The summed E-state index contributed by atoms with van der Waals surface area (Å²) in [6, 6.07) is 9.92. The molecule has 6 heterocycles. The highest BCUT2D eigenvalue weighted by Crippen LogP contribution is 2.39. The van der Waals surface area contributed by atoms with Crippen LogP contribution in [0.15, 0.2) is 42.7 Å². The minimum absolute atomic E-state index is 0.0549. The molecule has 0 aliphatic carbocycles. The number of aromatic nitrogens is 3. The third-order valence-corrected chi connectivity index (χ3v) is 7.90. The molecule has 2 amide bonds. The van der Waals surface area contributed by atoms with Crippen molar-refractivity contribution in [1.82, 2.24) is 15.0 Å². The SMILES string of the molecule is COC1CN(c2nc(Nc3cnc4c(c3)N3C(=O)CC[C@H]3CO4)ncc2-c2ccc(N3CCCC3=O)cc2)C1. The highest BCUT2D eigenvalue weighted by molar-refractivity contribution is 5.98. The van der Waals surface area contributed by atoms with Gasteiger partial charge in [-0.05, 0) is 36.6 Å². The van der Waals surface area contributed by atoms with Crippen LogP contribution in [0, 0.1) is 0 Å². The molecule has 0 unspecified atom stereocenters. The largest absolute Gasteiger partial charge is 0.474 e. The van der Waals surface area contributed by atoms with Gasteiger partial charge in [0, 0.05) is 57.0 Å². The van der Waals surface area contributed by atoms with E-state index >= 15 is 0 Å². The Labute approximate surface area is 225 Å². The quantitative estimate of drug-likeness (QED) is 0.517. The predicted octanol–water partition coefficient (Wildman–Crippen LogP) is 3.13. The van der Waals surface area contributed by atoms with Crippen LogP contribution in [0.5, 0.6) is 5.88 Å². The normalized spacial score (nSPS) is 20.5. The monoisotopic (exact) mass is 527 g/mol. The van der Waals surface area contributed by atoms with Crippen molar-refractivity contribution in [3.63, 3.8) is 0 Å². The van der Waals surface area contributed by atoms with Crippen LogP contribution in [0.1, 0.15) is 25.7 Å². The van der Waals surface area contributed by atoms with Gasteiger partial charge < -0.3 is 29.5 Å². The van der Waals surface area contributed by atoms with Crippen molar-refractivity contribution in [2.45, 2.75) is 37.8 Å². The van der Waals surface area contributed by atoms with Gasteiger partial charge in [0.05, 0.1) is 24.0 Å². The van der Waals surface area contributed by atoms with Gasteiger partial charge in [0.1, 0.15) is 18.1 Å². The van der Waals surface area contributed by atoms with Crippen molar-refractivity contribution in [3.8, 4) is 17.0 Å². The van der Waals surface area contributed by atoms with E-state index in [1.54, 1.807) is 18.2 Å². The molecule has 11 nitrogen and oxygen atoms in total. The van der Waals surface area contributed by atoms with Crippen molar-refractivity contribution in [3.05, 3.63) is 42.7 Å². The van der Waals surface area contributed by atoms with Crippen molar-refractivity contribution < 1.29 is 19.1 Å². The van der Waals surface area contributed by atoms with E-state index in [-0.39, 0.29) is 24.0 Å². The maximum absolute atomic E-state index is 12.5. The molecule has 7 rings (SSSR count). The van der Waals surface area contributed by atoms with Crippen molar-refractivity contribution in [2.75, 3.05) is 53.4 Å². The molecule has 2 aromatic heterocycles. The van der Waals surface area contributed by atoms with E-state index in [1.807, 2.05) is 41.4 Å². The number of pyridine rings is 1. The number of anilines is 5. The molecule has 0 bridgehead atoms. The molecule has 0 saturated carbocycles. The van der Waals surface area contributed by atoms with Gasteiger partial charge in [-0.3, -0.25) is 9.59 Å². The lowest BCUT2D eigenvalue weighted by Crippen LogP contribution is -2.52. The van der Waals surface area contributed by atoms with Crippen molar-refractivity contribution >= 4 is 40.6 Å². The zero-order valence-corrected chi connectivity index (χ0v) is 21.7. The maximum atomic E-state index is 12.5. The fourth-order valence-electron chi connectivity index (χ4n) is 5.71. The first-order valence-electron chi connectivity index (χ1n) is 13.3. The number of rotatable bonds is 6. The molecule has 3 aromatic rings. The first-order valence-corrected chi connectivity index (χ1v) is 13.3. The molecule has 0 radical (unpaired) electrons. The molecule has 11 heteroatoms. The molecule has 1 atom stereocenters. The average molecular weight is 528 g/mol. The van der Waals surface area contributed by atoms with Gasteiger partial charge in [0.2, 0.25) is 23.6 Å². The summed E-state index contributed by atoms with van der Waals surface area (Å²) in [7, 11) is 1.72. The molecule has 3 fully saturated rings. The summed E-state index contributed by atoms with van der Waals surface area (Å²) in [5.41, 5.74) is 4.14. The second-order valence-corrected chi connectivity index (χ2v) is 10.3. The number of fused-ring (bicyclic) bond motifs is 3. The van der Waals surface area contributed by atoms with Gasteiger partial charge in [0.15, 0.2) is 0 Å². The Kier molecular flexibility index (Phi) is 5.80. The predicted molar refractivity (Wildman–Crippen MR) is 146 cm³/mol. The van der Waals surface area contributed by atoms with Crippen molar-refractivity contribution in [2.24, 2.45) is 0 Å². The number of amides is 2. The van der Waals surface area contributed by atoms with E-state index in [9.17, 15) is 9.59 Å². The Morgan fingerprint density at radius 2 is 1.90 bits per heavy atom. The van der Waals surface area contributed by atoms with Gasteiger partial charge in [-0.1, -0.05) is 12.1 Å². The number of nitrogens with zero attached hydrogens (tertiary/aromatic N) is 6. The second-order valence-electron chi connectivity index (χ2n) is 10.3. The third-order valence-electron chi connectivity index (χ3n) is 7.90. The number of hydrogen-bond acceptors (Lipinski definition) is 9. The number of hydrogen-bond donors (Lipinski definition) is 1. The number of carbonyl (C=O) groups excluding carboxylic acids is 2. The fourth-order valence-corrected chi connectivity index (χ4v) is 5.71. The average Bonchev–Trinajstić information content (AvgIpc) is 3.54. The number of ether oxygens (including phenoxy) is 2. The van der Waals surface area contributed by atoms with Crippen LogP contribution < -0.4 is 24.8 Å². The van der Waals surface area contributed by atoms with Crippen LogP contribution in [0.25, 0.3) is 11.1 Å². The highest BCUT2D eigenvalue weighted by Gasteiger charge is 2.38. The zero-order chi connectivity index (χ0) is 26.5. The topological polar surface area (TPSA) is 113 Å². The number of methoxy groups -OCH3 is 1. The van der Waals surface area contributed by atoms with E-state index in [1.165, 1.54) is 0 Å². The summed E-state index contributed by atoms with van der Waals surface area (Å²) >= 11 is 0. The zero-order valence-electron chi connectivity index (χ0n) is 21.7. The highest BCUT2D eigenvalue weighted by atomic mass is 16.5. The molecule has 1 N–H and O–H groups in total. The number of benzene rings is 1. The summed E-state index contributed by atoms with van der Waals surface area (Å²) in [6.45, 7) is 2.70. The maximum Gasteiger partial charge on any atom is 0.238 e. The molecule has 1 aromatic carbocycles. The summed E-state index contributed by atoms with van der Waals surface area (Å²) in [4.78, 5) is 44.4. The van der Waals surface area contributed by atoms with E-state index in [4.69, 9.17) is 14.5 Å². The van der Waals surface area contributed by atoms with Crippen LogP contribution in [0.3, 0.4) is 0 Å². The molecule has 200 valence electrons. The van der Waals surface area contributed by atoms with Gasteiger partial charge in [0.25, 0.3) is 0 Å². The summed E-state index contributed by atoms with van der Waals surface area (Å²) in [6.07, 6.45) is 6.44. The van der Waals surface area contributed by atoms with Crippen LogP contribution in [0.4, 0.5) is 28.8 Å². The Hall–Kier alpha value is -4.25. The van der Waals surface area contributed by atoms with Gasteiger partial charge in [-0.15, -0.1) is 0 Å². The van der Waals surface area contributed by atoms with Crippen LogP contribution >= 0.6 is 0 Å². The molecule has 3 saturated heterocycles. The van der Waals surface area contributed by atoms with Crippen molar-refractivity contribution in [1.29, 1.82) is 0 Å². The van der Waals surface area contributed by atoms with E-state index in [0.717, 1.165) is 55.1 Å². The number of nitrogens with one attached hydrogen (secondary N) is 1. The Bertz CT molecular complexity index is 1440. The molecule has 4 aliphatic rings. The Balaban J connectivity index is 1.18. The van der Waals surface area contributed by atoms with Gasteiger partial charge in [-0.25, -0.2) is 9.97 Å². The summed E-state index contributed by atoms with van der Waals surface area (Å²) in [5.74, 6) is 1.96. The summed E-state index contributed by atoms with van der Waals surface area (Å²) in [5, 5.41) is 3.27. The molecule has 0 spiro atoms. The Morgan fingerprint density at radius 3 is 2.67 bits per heavy atom. The van der Waals surface area contributed by atoms with E-state index < -0.39 is 0 Å². The molecular formula is C28H29N7O4. The molecular weight excluding hydrogens is 498 g/mol. The van der Waals surface area contributed by atoms with E-state index in [0.29, 0.717) is 42.7 Å². The second kappa shape index (κ2) is 9.49. The first-order chi connectivity index (χ1) is 19.1. The lowest BCUT2D eigenvalue weighted by atomic mass is 10.0. The molecule has 39 heavy (non-hydrogen) atoms. The lowest BCUT2D eigenvalue weighted by Gasteiger charge is -2.40. The molecule has 4 aliphatic heterocycles. The smallest absolute Gasteiger partial charge is 0.238 e. The Morgan fingerprint density at radius 1 is 1.05 bits per heavy atom. The van der Waals surface area contributed by atoms with Crippen LogP contribution in [-0.2, 0) is 14.3 Å². The lowest BCUT2D eigenvalue weighted by molar-refractivity contribution is -0.118. The standard InChI is InChI=1S/C28H29N7O4/c1-38-21-14-33(15-21)26-22(17-4-6-19(7-5-17)34-10-2-3-24(34)36)13-30-28(32-26)31-18-11-23-27(29-12-18)39-16-20-8-9-25(37)35(20)23/h4-7,11-13,20-21H,2-3,8-10,14-16H2,1H3,(H,30,31,32)/t20-/m0/s1. The minimum atomic E-state index is 0.0549. The first kappa shape index (κ1) is 23.8. The minimum Gasteiger partial charge on any atom is -0.474 e.